The third kappa shape index (κ3) is 2.71. The fraction of sp³-hybridized carbons (Fsp3) is 0.667. The van der Waals surface area contributed by atoms with Crippen LogP contribution in [0.2, 0.25) is 0 Å². The molecule has 1 aromatic heterocycles. The Morgan fingerprint density at radius 1 is 1.55 bits per heavy atom. The number of nitrogens with zero attached hydrogens (tertiary/aromatic N) is 3. The highest BCUT2D eigenvalue weighted by Gasteiger charge is 2.34. The van der Waals surface area contributed by atoms with E-state index < -0.39 is 15.3 Å². The number of sulfonamides is 1. The molecule has 0 aliphatic carbocycles. The van der Waals surface area contributed by atoms with Crippen LogP contribution in [0.4, 0.5) is 0 Å². The van der Waals surface area contributed by atoms with Crippen LogP contribution >= 0.6 is 0 Å². The molecule has 8 heteroatoms. The zero-order valence-electron chi connectivity index (χ0n) is 11.9. The van der Waals surface area contributed by atoms with Crippen molar-refractivity contribution < 1.29 is 13.2 Å². The molecule has 0 spiro atoms. The van der Waals surface area contributed by atoms with Crippen molar-refractivity contribution in [2.75, 3.05) is 13.6 Å². The minimum atomic E-state index is -3.34. The summed E-state index contributed by atoms with van der Waals surface area (Å²) in [6.07, 6.45) is 1.85. The van der Waals surface area contributed by atoms with E-state index >= 15 is 0 Å². The van der Waals surface area contributed by atoms with Crippen LogP contribution in [0.1, 0.15) is 32.0 Å². The second-order valence-corrected chi connectivity index (χ2v) is 7.67. The van der Waals surface area contributed by atoms with Crippen molar-refractivity contribution in [1.29, 1.82) is 0 Å². The maximum atomic E-state index is 12.3. The number of hydrogen-bond donors (Lipinski definition) is 1. The van der Waals surface area contributed by atoms with Gasteiger partial charge < -0.3 is 5.32 Å². The summed E-state index contributed by atoms with van der Waals surface area (Å²) in [5.41, 5.74) is 0.814. The molecule has 7 nitrogen and oxygen atoms in total. The van der Waals surface area contributed by atoms with Crippen molar-refractivity contribution in [2.24, 2.45) is 0 Å². The third-order valence-corrected chi connectivity index (χ3v) is 5.70. The summed E-state index contributed by atoms with van der Waals surface area (Å²) in [7, 11) is -1.77. The van der Waals surface area contributed by atoms with E-state index in [-0.39, 0.29) is 24.9 Å². The zero-order chi connectivity index (χ0) is 14.9. The molecular weight excluding hydrogens is 280 g/mol. The Morgan fingerprint density at radius 2 is 2.25 bits per heavy atom. The van der Waals surface area contributed by atoms with Crippen molar-refractivity contribution in [3.8, 4) is 0 Å². The fourth-order valence-corrected chi connectivity index (χ4v) is 3.60. The molecule has 2 heterocycles. The minimum Gasteiger partial charge on any atom is -0.359 e. The lowest BCUT2D eigenvalue weighted by Crippen LogP contribution is -2.45. The van der Waals surface area contributed by atoms with E-state index in [1.165, 1.54) is 4.31 Å². The van der Waals surface area contributed by atoms with E-state index in [1.54, 1.807) is 37.8 Å². The van der Waals surface area contributed by atoms with Gasteiger partial charge in [0, 0.05) is 19.8 Å². The summed E-state index contributed by atoms with van der Waals surface area (Å²) in [6.45, 7) is 3.91. The number of fused-ring (bicyclic) bond motifs is 1. The standard InChI is InChI=1S/C12H20N4O3S/c1-9(2)20(18,19)15-7-10-4-5-14-16(10)11(8-15)6-12(17)13-3/h4-5,9,11H,6-8H2,1-3H3,(H,13,17)/t11-/m1/s1. The largest absolute Gasteiger partial charge is 0.359 e. The Labute approximate surface area is 119 Å². The molecule has 0 saturated heterocycles. The summed E-state index contributed by atoms with van der Waals surface area (Å²) in [5.74, 6) is -0.125. The predicted molar refractivity (Wildman–Crippen MR) is 74.4 cm³/mol. The first-order valence-electron chi connectivity index (χ1n) is 6.58. The van der Waals surface area contributed by atoms with Gasteiger partial charge in [-0.25, -0.2) is 8.42 Å². The van der Waals surface area contributed by atoms with Gasteiger partial charge in [-0.1, -0.05) is 0 Å². The second kappa shape index (κ2) is 5.53. The van der Waals surface area contributed by atoms with Gasteiger partial charge in [0.1, 0.15) is 0 Å². The lowest BCUT2D eigenvalue weighted by atomic mass is 10.1. The molecule has 0 radical (unpaired) electrons. The monoisotopic (exact) mass is 300 g/mol. The van der Waals surface area contributed by atoms with E-state index in [0.717, 1.165) is 5.69 Å². The average molecular weight is 300 g/mol. The summed E-state index contributed by atoms with van der Waals surface area (Å²) in [5, 5.41) is 6.29. The van der Waals surface area contributed by atoms with E-state index in [2.05, 4.69) is 10.4 Å². The molecule has 1 amide bonds. The van der Waals surface area contributed by atoms with Crippen LogP contribution in [0.15, 0.2) is 12.3 Å². The lowest BCUT2D eigenvalue weighted by molar-refractivity contribution is -0.121. The Hall–Kier alpha value is -1.41. The second-order valence-electron chi connectivity index (χ2n) is 5.18. The van der Waals surface area contributed by atoms with Gasteiger partial charge in [0.2, 0.25) is 15.9 Å². The molecule has 0 unspecified atom stereocenters. The number of amides is 1. The van der Waals surface area contributed by atoms with Crippen molar-refractivity contribution in [1.82, 2.24) is 19.4 Å². The van der Waals surface area contributed by atoms with Gasteiger partial charge in [-0.2, -0.15) is 9.40 Å². The first-order valence-corrected chi connectivity index (χ1v) is 8.08. The molecule has 0 aromatic carbocycles. The number of aromatic nitrogens is 2. The van der Waals surface area contributed by atoms with Crippen LogP contribution in [0.3, 0.4) is 0 Å². The minimum absolute atomic E-state index is 0.125. The van der Waals surface area contributed by atoms with Crippen molar-refractivity contribution in [3.05, 3.63) is 18.0 Å². The quantitative estimate of drug-likeness (QED) is 0.855. The number of carbonyl (C=O) groups is 1. The maximum Gasteiger partial charge on any atom is 0.221 e. The van der Waals surface area contributed by atoms with E-state index in [1.807, 2.05) is 0 Å². The molecule has 1 atom stereocenters. The van der Waals surface area contributed by atoms with Crippen LogP contribution in [-0.2, 0) is 21.4 Å². The first kappa shape index (κ1) is 15.0. The molecule has 0 bridgehead atoms. The highest BCUT2D eigenvalue weighted by atomic mass is 32.2. The summed E-state index contributed by atoms with van der Waals surface area (Å²) in [4.78, 5) is 11.6. The van der Waals surface area contributed by atoms with Crippen molar-refractivity contribution in [2.45, 2.75) is 38.1 Å². The Bertz CT molecular complexity index is 594. The number of rotatable bonds is 4. The number of hydrogen-bond acceptors (Lipinski definition) is 4. The third-order valence-electron chi connectivity index (χ3n) is 3.51. The van der Waals surface area contributed by atoms with Gasteiger partial charge in [-0.05, 0) is 19.9 Å². The van der Waals surface area contributed by atoms with Crippen LogP contribution in [0.5, 0.6) is 0 Å². The summed E-state index contributed by atoms with van der Waals surface area (Å²) >= 11 is 0. The predicted octanol–water partition coefficient (Wildman–Crippen LogP) is 0.114. The highest BCUT2D eigenvalue weighted by molar-refractivity contribution is 7.89. The normalized spacial score (nSPS) is 19.9. The van der Waals surface area contributed by atoms with Gasteiger partial charge in [0.15, 0.2) is 0 Å². The van der Waals surface area contributed by atoms with Crippen LogP contribution < -0.4 is 5.32 Å². The van der Waals surface area contributed by atoms with Crippen molar-refractivity contribution in [3.63, 3.8) is 0 Å². The maximum absolute atomic E-state index is 12.3. The molecular formula is C12H20N4O3S. The fourth-order valence-electron chi connectivity index (χ4n) is 2.31. The highest BCUT2D eigenvalue weighted by Crippen LogP contribution is 2.26. The van der Waals surface area contributed by atoms with E-state index in [9.17, 15) is 13.2 Å². The molecule has 1 aliphatic heterocycles. The molecule has 1 aromatic rings. The van der Waals surface area contributed by atoms with Gasteiger partial charge in [0.25, 0.3) is 0 Å². The topological polar surface area (TPSA) is 84.3 Å². The molecule has 0 saturated carbocycles. The Balaban J connectivity index is 2.29. The first-order chi connectivity index (χ1) is 9.36. The summed E-state index contributed by atoms with van der Waals surface area (Å²) in [6, 6.07) is 1.53. The average Bonchev–Trinajstić information content (AvgIpc) is 2.86. The smallest absolute Gasteiger partial charge is 0.221 e. The van der Waals surface area contributed by atoms with Gasteiger partial charge in [0.05, 0.1) is 30.0 Å². The van der Waals surface area contributed by atoms with Crippen molar-refractivity contribution >= 4 is 15.9 Å². The number of nitrogens with one attached hydrogen (secondary N) is 1. The molecule has 112 valence electrons. The van der Waals surface area contributed by atoms with Crippen LogP contribution in [0.25, 0.3) is 0 Å². The summed E-state index contributed by atoms with van der Waals surface area (Å²) < 4.78 is 27.8. The molecule has 20 heavy (non-hydrogen) atoms. The Morgan fingerprint density at radius 3 is 2.85 bits per heavy atom. The van der Waals surface area contributed by atoms with Gasteiger partial charge in [-0.15, -0.1) is 0 Å². The Kier molecular flexibility index (Phi) is 4.14. The number of carbonyl (C=O) groups excluding carboxylic acids is 1. The van der Waals surface area contributed by atoms with Crippen LogP contribution in [-0.4, -0.2) is 47.3 Å². The van der Waals surface area contributed by atoms with Gasteiger partial charge in [-0.3, -0.25) is 9.48 Å². The van der Waals surface area contributed by atoms with Crippen LogP contribution in [0, 0.1) is 0 Å². The molecule has 0 fully saturated rings. The molecule has 2 rings (SSSR count). The van der Waals surface area contributed by atoms with E-state index in [4.69, 9.17) is 0 Å². The van der Waals surface area contributed by atoms with E-state index in [0.29, 0.717) is 6.54 Å². The SMILES string of the molecule is CNC(=O)C[C@@H]1CN(S(=O)(=O)C(C)C)Cc2ccnn21. The lowest BCUT2D eigenvalue weighted by Gasteiger charge is -2.33. The zero-order valence-corrected chi connectivity index (χ0v) is 12.7. The molecule has 1 aliphatic rings. The van der Waals surface area contributed by atoms with Gasteiger partial charge >= 0.3 is 0 Å². The molecule has 1 N–H and O–H groups in total.